The Morgan fingerprint density at radius 2 is 1.25 bits per heavy atom. The van der Waals surface area contributed by atoms with Crippen LogP contribution in [0.15, 0.2) is 110 Å². The van der Waals surface area contributed by atoms with Crippen molar-refractivity contribution in [1.82, 2.24) is 40.7 Å². The summed E-state index contributed by atoms with van der Waals surface area (Å²) in [5, 5.41) is 22.7. The number of alkyl halides is 3. The summed E-state index contributed by atoms with van der Waals surface area (Å²) in [7, 11) is 0. The van der Waals surface area contributed by atoms with Crippen LogP contribution < -0.4 is 43.0 Å². The van der Waals surface area contributed by atoms with Crippen molar-refractivity contribution in [3.05, 3.63) is 152 Å². The maximum absolute atomic E-state index is 13.9. The van der Waals surface area contributed by atoms with Crippen LogP contribution in [-0.2, 0) is 50.8 Å². The highest BCUT2D eigenvalue weighted by molar-refractivity contribution is 6.03. The molecule has 2 fully saturated rings. The smallest absolute Gasteiger partial charge is 0.417 e. The number of halogens is 4. The lowest BCUT2D eigenvalue weighted by molar-refractivity contribution is -0.141. The van der Waals surface area contributed by atoms with E-state index in [1.165, 1.54) is 91.4 Å². The van der Waals surface area contributed by atoms with Gasteiger partial charge in [0.1, 0.15) is 40.8 Å². The van der Waals surface area contributed by atoms with Crippen molar-refractivity contribution >= 4 is 58.8 Å². The number of esters is 2. The summed E-state index contributed by atoms with van der Waals surface area (Å²) in [5.74, 6) is -5.47. The molecule has 5 aromatic rings. The van der Waals surface area contributed by atoms with E-state index in [2.05, 4.69) is 42.2 Å². The monoisotopic (exact) mass is 1190 g/mol. The number of pyridine rings is 2. The van der Waals surface area contributed by atoms with E-state index in [-0.39, 0.29) is 73.0 Å². The molecule has 24 nitrogen and oxygen atoms in total. The summed E-state index contributed by atoms with van der Waals surface area (Å²) < 4.78 is 76.5. The van der Waals surface area contributed by atoms with E-state index in [0.717, 1.165) is 6.08 Å². The van der Waals surface area contributed by atoms with Gasteiger partial charge in [-0.3, -0.25) is 38.4 Å². The summed E-state index contributed by atoms with van der Waals surface area (Å²) in [6, 6.07) is 7.25. The number of hydrogen-bond acceptors (Lipinski definition) is 16. The lowest BCUT2D eigenvalue weighted by Crippen LogP contribution is -2.43. The van der Waals surface area contributed by atoms with Crippen LogP contribution in [0.4, 0.5) is 28.9 Å². The lowest BCUT2D eigenvalue weighted by Gasteiger charge is -2.24. The maximum atomic E-state index is 13.9. The zero-order chi connectivity index (χ0) is 62.1. The molecule has 0 saturated carbocycles. The van der Waals surface area contributed by atoms with Crippen LogP contribution in [-0.4, -0.2) is 105 Å². The summed E-state index contributed by atoms with van der Waals surface area (Å²) in [6.45, 7) is 10.7. The van der Waals surface area contributed by atoms with Crippen LogP contribution in [0.2, 0.25) is 0 Å². The molecule has 2 aliphatic rings. The molecule has 6 N–H and O–H groups in total. The maximum Gasteiger partial charge on any atom is 0.417 e. The normalized spacial score (nSPS) is 16.4. The highest BCUT2D eigenvalue weighted by Crippen LogP contribution is 2.31. The molecule has 6 heterocycles. The lowest BCUT2D eigenvalue weighted by atomic mass is 9.97. The van der Waals surface area contributed by atoms with Crippen molar-refractivity contribution in [1.29, 1.82) is 0 Å². The Kier molecular flexibility index (Phi) is 22.6. The highest BCUT2D eigenvalue weighted by atomic mass is 19.4. The number of amides is 6. The number of hydrogen-bond donors (Lipinski definition) is 6. The predicted octanol–water partition coefficient (Wildman–Crippen LogP) is 5.34. The first-order valence-corrected chi connectivity index (χ1v) is 27.0. The van der Waals surface area contributed by atoms with Crippen molar-refractivity contribution in [3.63, 3.8) is 0 Å². The van der Waals surface area contributed by atoms with E-state index in [9.17, 15) is 65.5 Å². The number of carbonyl (C=O) groups excluding carboxylic acids is 8. The van der Waals surface area contributed by atoms with Gasteiger partial charge < -0.3 is 59.6 Å². The van der Waals surface area contributed by atoms with Gasteiger partial charge in [0.2, 0.25) is 23.6 Å². The van der Waals surface area contributed by atoms with Crippen LogP contribution in [0, 0.1) is 31.5 Å². The van der Waals surface area contributed by atoms with Crippen LogP contribution in [0.5, 0.6) is 0 Å². The Bertz CT molecular complexity index is 3420. The molecule has 0 spiro atoms. The quantitative estimate of drug-likeness (QED) is 0.0273. The summed E-state index contributed by atoms with van der Waals surface area (Å²) in [4.78, 5) is 128. The molecule has 4 aromatic heterocycles. The van der Waals surface area contributed by atoms with E-state index in [0.29, 0.717) is 54.1 Å². The van der Waals surface area contributed by atoms with Crippen LogP contribution in [0.1, 0.15) is 116 Å². The number of anilines is 2. The molecule has 0 bridgehead atoms. The fourth-order valence-electron chi connectivity index (χ4n) is 9.05. The number of rotatable bonds is 23. The average Bonchev–Trinajstić information content (AvgIpc) is 3.03. The van der Waals surface area contributed by atoms with Gasteiger partial charge >= 0.3 is 18.1 Å². The fourth-order valence-corrected chi connectivity index (χ4v) is 9.05. The number of aromatic nitrogens is 4. The molecule has 2 aliphatic heterocycles. The van der Waals surface area contributed by atoms with Crippen molar-refractivity contribution < 1.29 is 74.4 Å². The SMILES string of the molecule is CCOC(=O)/C=C/[C@H](C[C@@H]1CCNC1=O)NC(=O)[C@@H](CC)n1cc(C(F)(F)F)cc(NC(=O)c2cc(C)on2)c1=O.Cc1cc(C(=O)Nc2cccn([C@@H](Cc3ccc(F)cc3)C(=O)N[C@H](/C=C/C(=O)OC(C)C)C[C@@H]3CCNC3=O)c2=O)no1. The molecular formula is C57H64F4N10O14. The van der Waals surface area contributed by atoms with Crippen molar-refractivity contribution in [2.45, 2.75) is 117 Å². The van der Waals surface area contributed by atoms with E-state index in [1.54, 1.807) is 27.7 Å². The second kappa shape index (κ2) is 29.7. The third-order valence-electron chi connectivity index (χ3n) is 13.2. The molecule has 6 amide bonds. The van der Waals surface area contributed by atoms with Crippen LogP contribution >= 0.6 is 0 Å². The summed E-state index contributed by atoms with van der Waals surface area (Å²) >= 11 is 0. The first-order chi connectivity index (χ1) is 40.3. The van der Waals surface area contributed by atoms with Crippen LogP contribution in [0.25, 0.3) is 0 Å². The van der Waals surface area contributed by atoms with Gasteiger partial charge in [0, 0.05) is 80.1 Å². The van der Waals surface area contributed by atoms with E-state index < -0.39 is 106 Å². The number of nitrogens with zero attached hydrogens (tertiary/aromatic N) is 4. The van der Waals surface area contributed by atoms with Gasteiger partial charge in [-0.25, -0.2) is 14.0 Å². The van der Waals surface area contributed by atoms with Crippen LogP contribution in [0.3, 0.4) is 0 Å². The van der Waals surface area contributed by atoms with Gasteiger partial charge in [0.15, 0.2) is 11.4 Å². The Morgan fingerprint density at radius 3 is 1.72 bits per heavy atom. The molecule has 6 atom stereocenters. The molecule has 85 heavy (non-hydrogen) atoms. The molecule has 0 aliphatic carbocycles. The van der Waals surface area contributed by atoms with Crippen molar-refractivity contribution in [2.75, 3.05) is 30.3 Å². The average molecular weight is 1190 g/mol. The predicted molar refractivity (Wildman–Crippen MR) is 295 cm³/mol. The largest absolute Gasteiger partial charge is 0.463 e. The minimum atomic E-state index is -4.92. The minimum Gasteiger partial charge on any atom is -0.463 e. The van der Waals surface area contributed by atoms with Gasteiger partial charge in [-0.1, -0.05) is 41.5 Å². The summed E-state index contributed by atoms with van der Waals surface area (Å²) in [6.07, 6.45) is 2.91. The van der Waals surface area contributed by atoms with E-state index in [4.69, 9.17) is 18.5 Å². The standard InChI is InChI=1S/C31H34FN5O7.C26H30F3N5O7/c1-18(2)43-27(38)11-10-23(17-21-12-13-33-28(21)39)34-30(41)26(16-20-6-8-22(32)9-7-20)37-14-4-5-24(31(37)42)35-29(40)25-15-19(3)44-36-25;1-4-20(24(38)31-17(6-7-21(35)40-5-2)11-15-8-9-30-22(15)36)34-13-16(26(27,28)29)12-19(25(34)39)32-23(37)18-10-14(3)41-33-18/h4-11,14-15,18,21,23,26H,12-13,16-17H2,1-3H3,(H,33,39)(H,34,41)(H,35,40);6-7,10,12-13,15,17,20H,4-5,8-9,11H2,1-3H3,(H,30,36)(H,31,38)(H,32,37)/b11-10+;7-6+/t21-,23+,26-;15-,17+,20+/m00/s1. The molecule has 28 heteroatoms. The Labute approximate surface area is 483 Å². The first-order valence-electron chi connectivity index (χ1n) is 27.0. The Balaban J connectivity index is 0.000000273. The Morgan fingerprint density at radius 1 is 0.729 bits per heavy atom. The van der Waals surface area contributed by atoms with Crippen molar-refractivity contribution in [2.24, 2.45) is 11.8 Å². The zero-order valence-electron chi connectivity index (χ0n) is 47.1. The van der Waals surface area contributed by atoms with Gasteiger partial charge in [-0.15, -0.1) is 0 Å². The second-order valence-corrected chi connectivity index (χ2v) is 20.0. The number of ether oxygens (including phenoxy) is 2. The third-order valence-corrected chi connectivity index (χ3v) is 13.2. The van der Waals surface area contributed by atoms with Gasteiger partial charge in [0.25, 0.3) is 22.9 Å². The molecule has 0 radical (unpaired) electrons. The molecule has 0 unspecified atom stereocenters. The first kappa shape index (κ1) is 64.7. The third kappa shape index (κ3) is 18.5. The number of nitrogens with one attached hydrogen (secondary N) is 6. The number of carbonyl (C=O) groups is 8. The van der Waals surface area contributed by atoms with Gasteiger partial charge in [-0.05, 0) is 103 Å². The van der Waals surface area contributed by atoms with E-state index >= 15 is 0 Å². The second-order valence-electron chi connectivity index (χ2n) is 20.0. The van der Waals surface area contributed by atoms with E-state index in [1.807, 2.05) is 0 Å². The Hall–Kier alpha value is -9.50. The number of aryl methyl sites for hydroxylation is 2. The fraction of sp³-hybridized carbons (Fsp3) is 0.404. The molecular weight excluding hydrogens is 1120 g/mol. The molecule has 454 valence electrons. The topological polar surface area (TPSA) is 323 Å². The molecule has 1 aromatic carbocycles. The van der Waals surface area contributed by atoms with Gasteiger partial charge in [0.05, 0.1) is 18.3 Å². The van der Waals surface area contributed by atoms with Crippen molar-refractivity contribution in [3.8, 4) is 0 Å². The zero-order valence-corrected chi connectivity index (χ0v) is 47.1. The number of benzene rings is 1. The minimum absolute atomic E-state index is 0.0123. The summed E-state index contributed by atoms with van der Waals surface area (Å²) in [5.41, 5.74) is -3.58. The highest BCUT2D eigenvalue weighted by Gasteiger charge is 2.36. The molecule has 7 rings (SSSR count). The van der Waals surface area contributed by atoms with Gasteiger partial charge in [-0.2, -0.15) is 13.2 Å². The molecule has 2 saturated heterocycles.